The van der Waals surface area contributed by atoms with Gasteiger partial charge >= 0.3 is 0 Å². The fourth-order valence-electron chi connectivity index (χ4n) is 3.80. The summed E-state index contributed by atoms with van der Waals surface area (Å²) in [5, 5.41) is 7.37. The number of carbonyl (C=O) groups excluding carboxylic acids is 1. The van der Waals surface area contributed by atoms with E-state index in [1.807, 2.05) is 18.2 Å². The van der Waals surface area contributed by atoms with Crippen molar-refractivity contribution in [2.45, 2.75) is 32.2 Å². The minimum Gasteiger partial charge on any atom is -0.358 e. The molecule has 0 bridgehead atoms. The van der Waals surface area contributed by atoms with Crippen LogP contribution in [-0.2, 0) is 12.8 Å². The van der Waals surface area contributed by atoms with Gasteiger partial charge in [0.25, 0.3) is 5.91 Å². The molecule has 3 aromatic rings. The minimum atomic E-state index is -1.03. The van der Waals surface area contributed by atoms with Crippen LogP contribution in [0, 0.1) is 11.6 Å². The molecule has 1 aliphatic rings. The molecule has 4 nitrogen and oxygen atoms in total. The Morgan fingerprint density at radius 3 is 2.81 bits per heavy atom. The van der Waals surface area contributed by atoms with Gasteiger partial charge < -0.3 is 15.6 Å². The molecule has 27 heavy (non-hydrogen) atoms. The second-order valence-corrected chi connectivity index (χ2v) is 6.92. The summed E-state index contributed by atoms with van der Waals surface area (Å²) in [5.74, 6) is -2.47. The summed E-state index contributed by atoms with van der Waals surface area (Å²) >= 11 is 0. The number of aromatic nitrogens is 1. The normalized spacial score (nSPS) is 16.3. The predicted octanol–water partition coefficient (Wildman–Crippen LogP) is 4.17. The van der Waals surface area contributed by atoms with Gasteiger partial charge in [0.1, 0.15) is 0 Å². The van der Waals surface area contributed by atoms with Crippen molar-refractivity contribution >= 4 is 22.5 Å². The Kier molecular flexibility index (Phi) is 4.66. The number of halogens is 2. The number of anilines is 1. The van der Waals surface area contributed by atoms with Crippen molar-refractivity contribution < 1.29 is 13.6 Å². The molecule has 1 aliphatic carbocycles. The number of benzene rings is 2. The van der Waals surface area contributed by atoms with Crippen molar-refractivity contribution in [1.29, 1.82) is 0 Å². The van der Waals surface area contributed by atoms with Gasteiger partial charge in [-0.25, -0.2) is 8.78 Å². The Balaban J connectivity index is 1.60. The van der Waals surface area contributed by atoms with Gasteiger partial charge in [0.05, 0.1) is 0 Å². The number of rotatable bonds is 4. The Labute approximate surface area is 156 Å². The second-order valence-electron chi connectivity index (χ2n) is 6.92. The molecule has 1 aromatic heterocycles. The maximum Gasteiger partial charge on any atom is 0.255 e. The lowest BCUT2D eigenvalue weighted by Gasteiger charge is -2.23. The molecule has 0 spiro atoms. The van der Waals surface area contributed by atoms with Crippen molar-refractivity contribution in [3.63, 3.8) is 0 Å². The number of H-pyrrole nitrogens is 1. The van der Waals surface area contributed by atoms with E-state index >= 15 is 0 Å². The zero-order valence-electron chi connectivity index (χ0n) is 15.0. The molecule has 1 unspecified atom stereocenters. The number of aromatic amines is 1. The van der Waals surface area contributed by atoms with Crippen LogP contribution in [0.5, 0.6) is 0 Å². The highest BCUT2D eigenvalue weighted by atomic mass is 19.2. The zero-order chi connectivity index (χ0) is 19.0. The standard InChI is InChI=1S/C21H21F2N3O/c1-2-24-13-4-7-19-15(10-13)16-11-14(5-8-20(16)26-19)25-21(27)12-3-6-17(22)18(23)9-12/h3,5-6,8-9,11,13,24,26H,2,4,7,10H2,1H3,(H,25,27). The van der Waals surface area contributed by atoms with Gasteiger partial charge in [0.2, 0.25) is 0 Å². The maximum absolute atomic E-state index is 13.4. The first-order valence-corrected chi connectivity index (χ1v) is 9.18. The van der Waals surface area contributed by atoms with Gasteiger partial charge in [0.15, 0.2) is 11.6 Å². The van der Waals surface area contributed by atoms with E-state index in [0.717, 1.165) is 48.8 Å². The van der Waals surface area contributed by atoms with E-state index in [1.54, 1.807) is 0 Å². The molecule has 0 saturated heterocycles. The van der Waals surface area contributed by atoms with Crippen LogP contribution in [0.2, 0.25) is 0 Å². The molecule has 1 atom stereocenters. The van der Waals surface area contributed by atoms with Crippen LogP contribution in [0.15, 0.2) is 36.4 Å². The van der Waals surface area contributed by atoms with Crippen LogP contribution in [-0.4, -0.2) is 23.5 Å². The van der Waals surface area contributed by atoms with Crippen molar-refractivity contribution in [3.05, 3.63) is 64.9 Å². The average molecular weight is 369 g/mol. The number of amides is 1. The third-order valence-electron chi connectivity index (χ3n) is 5.12. The monoisotopic (exact) mass is 369 g/mol. The molecular formula is C21H21F2N3O. The molecule has 0 fully saturated rings. The molecule has 6 heteroatoms. The lowest BCUT2D eigenvalue weighted by Crippen LogP contribution is -2.34. The second kappa shape index (κ2) is 7.12. The van der Waals surface area contributed by atoms with Crippen LogP contribution >= 0.6 is 0 Å². The fraction of sp³-hybridized carbons (Fsp3) is 0.286. The van der Waals surface area contributed by atoms with Gasteiger partial charge in [-0.05, 0) is 67.8 Å². The molecule has 0 saturated carbocycles. The van der Waals surface area contributed by atoms with Crippen LogP contribution in [0.3, 0.4) is 0 Å². The Hall–Kier alpha value is -2.73. The van der Waals surface area contributed by atoms with E-state index in [-0.39, 0.29) is 5.56 Å². The maximum atomic E-state index is 13.4. The number of carbonyl (C=O) groups is 1. The first kappa shape index (κ1) is 17.7. The van der Waals surface area contributed by atoms with Crippen molar-refractivity contribution in [1.82, 2.24) is 10.3 Å². The van der Waals surface area contributed by atoms with Crippen LogP contribution in [0.25, 0.3) is 10.9 Å². The molecular weight excluding hydrogens is 348 g/mol. The van der Waals surface area contributed by atoms with Gasteiger partial charge in [-0.1, -0.05) is 6.92 Å². The number of hydrogen-bond donors (Lipinski definition) is 3. The third kappa shape index (κ3) is 3.45. The average Bonchev–Trinajstić information content (AvgIpc) is 3.01. The molecule has 2 aromatic carbocycles. The van der Waals surface area contributed by atoms with E-state index in [2.05, 4.69) is 22.5 Å². The van der Waals surface area contributed by atoms with Crippen LogP contribution < -0.4 is 10.6 Å². The Morgan fingerprint density at radius 1 is 1.19 bits per heavy atom. The fourth-order valence-corrected chi connectivity index (χ4v) is 3.80. The van der Waals surface area contributed by atoms with E-state index in [1.165, 1.54) is 17.3 Å². The highest BCUT2D eigenvalue weighted by molar-refractivity contribution is 6.05. The van der Waals surface area contributed by atoms with Crippen LogP contribution in [0.4, 0.5) is 14.5 Å². The summed E-state index contributed by atoms with van der Waals surface area (Å²) in [6, 6.07) is 9.28. The third-order valence-corrected chi connectivity index (χ3v) is 5.12. The molecule has 4 rings (SSSR count). The summed E-state index contributed by atoms with van der Waals surface area (Å²) in [6.45, 7) is 3.05. The van der Waals surface area contributed by atoms with Crippen molar-refractivity contribution in [3.8, 4) is 0 Å². The van der Waals surface area contributed by atoms with Crippen molar-refractivity contribution in [2.24, 2.45) is 0 Å². The molecule has 0 aliphatic heterocycles. The molecule has 3 N–H and O–H groups in total. The summed E-state index contributed by atoms with van der Waals surface area (Å²) in [5.41, 5.74) is 4.29. The number of fused-ring (bicyclic) bond motifs is 3. The number of nitrogens with one attached hydrogen (secondary N) is 3. The van der Waals surface area contributed by atoms with Crippen molar-refractivity contribution in [2.75, 3.05) is 11.9 Å². The Morgan fingerprint density at radius 2 is 2.04 bits per heavy atom. The highest BCUT2D eigenvalue weighted by Crippen LogP contribution is 2.31. The smallest absolute Gasteiger partial charge is 0.255 e. The van der Waals surface area contributed by atoms with Gasteiger partial charge in [-0.2, -0.15) is 0 Å². The zero-order valence-corrected chi connectivity index (χ0v) is 15.0. The highest BCUT2D eigenvalue weighted by Gasteiger charge is 2.22. The summed E-state index contributed by atoms with van der Waals surface area (Å²) in [4.78, 5) is 15.8. The summed E-state index contributed by atoms with van der Waals surface area (Å²) in [7, 11) is 0. The lowest BCUT2D eigenvalue weighted by molar-refractivity contribution is 0.102. The largest absolute Gasteiger partial charge is 0.358 e. The number of hydrogen-bond acceptors (Lipinski definition) is 2. The van der Waals surface area contributed by atoms with Gasteiger partial charge in [-0.15, -0.1) is 0 Å². The van der Waals surface area contributed by atoms with Gasteiger partial charge in [-0.3, -0.25) is 4.79 Å². The molecule has 1 amide bonds. The van der Waals surface area contributed by atoms with Gasteiger partial charge in [0, 0.05) is 33.9 Å². The van der Waals surface area contributed by atoms with E-state index in [0.29, 0.717) is 11.7 Å². The number of likely N-dealkylation sites (N-methyl/N-ethyl adjacent to an activating group) is 1. The lowest BCUT2D eigenvalue weighted by atomic mass is 9.91. The molecule has 140 valence electrons. The Bertz CT molecular complexity index is 1010. The molecule has 0 radical (unpaired) electrons. The van der Waals surface area contributed by atoms with E-state index < -0.39 is 17.5 Å². The summed E-state index contributed by atoms with van der Waals surface area (Å²) in [6.07, 6.45) is 3.05. The van der Waals surface area contributed by atoms with Crippen LogP contribution in [0.1, 0.15) is 35.0 Å². The molecule has 1 heterocycles. The topological polar surface area (TPSA) is 56.9 Å². The SMILES string of the molecule is CCNC1CCc2[nH]c3ccc(NC(=O)c4ccc(F)c(F)c4)cc3c2C1. The van der Waals surface area contributed by atoms with E-state index in [4.69, 9.17) is 0 Å². The van der Waals surface area contributed by atoms with E-state index in [9.17, 15) is 13.6 Å². The first-order valence-electron chi connectivity index (χ1n) is 9.18. The first-order chi connectivity index (χ1) is 13.0. The minimum absolute atomic E-state index is 0.0808. The number of aryl methyl sites for hydroxylation is 1. The summed E-state index contributed by atoms with van der Waals surface area (Å²) < 4.78 is 26.4. The predicted molar refractivity (Wildman–Crippen MR) is 102 cm³/mol. The quantitative estimate of drug-likeness (QED) is 0.647.